The zero-order valence-corrected chi connectivity index (χ0v) is 9.79. The van der Waals surface area contributed by atoms with Crippen LogP contribution in [0, 0.1) is 5.92 Å². The van der Waals surface area contributed by atoms with E-state index in [4.69, 9.17) is 0 Å². The Bertz CT molecular complexity index is 313. The number of hydrogen-bond acceptors (Lipinski definition) is 1. The van der Waals surface area contributed by atoms with Gasteiger partial charge in [0.15, 0.2) is 0 Å². The van der Waals surface area contributed by atoms with Crippen molar-refractivity contribution in [2.45, 2.75) is 45.6 Å². The molecule has 0 aromatic heterocycles. The lowest BCUT2D eigenvalue weighted by molar-refractivity contribution is 0.309. The third-order valence-electron chi connectivity index (χ3n) is 3.27. The Hall–Kier alpha value is -0.980. The van der Waals surface area contributed by atoms with E-state index >= 15 is 0 Å². The van der Waals surface area contributed by atoms with Crippen molar-refractivity contribution in [2.75, 3.05) is 5.32 Å². The van der Waals surface area contributed by atoms with E-state index in [9.17, 15) is 0 Å². The molecule has 0 bridgehead atoms. The Morgan fingerprint density at radius 2 is 2.00 bits per heavy atom. The Morgan fingerprint density at radius 1 is 1.27 bits per heavy atom. The molecule has 82 valence electrons. The van der Waals surface area contributed by atoms with E-state index in [0.717, 1.165) is 12.0 Å². The van der Waals surface area contributed by atoms with E-state index in [0.29, 0.717) is 0 Å². The monoisotopic (exact) mass is 203 g/mol. The van der Waals surface area contributed by atoms with Crippen LogP contribution in [0.15, 0.2) is 24.3 Å². The molecule has 0 radical (unpaired) electrons. The van der Waals surface area contributed by atoms with Crippen molar-refractivity contribution < 1.29 is 0 Å². The zero-order valence-electron chi connectivity index (χ0n) is 9.79. The highest BCUT2D eigenvalue weighted by Crippen LogP contribution is 2.30. The highest BCUT2D eigenvalue weighted by Gasteiger charge is 2.25. The predicted molar refractivity (Wildman–Crippen MR) is 66.2 cm³/mol. The first-order valence-corrected chi connectivity index (χ1v) is 6.14. The first-order valence-electron chi connectivity index (χ1n) is 6.14. The van der Waals surface area contributed by atoms with Gasteiger partial charge in [0.1, 0.15) is 0 Å². The van der Waals surface area contributed by atoms with E-state index in [-0.39, 0.29) is 0 Å². The summed E-state index contributed by atoms with van der Waals surface area (Å²) in [6.45, 7) is 4.57. The standard InChI is InChI=1S/C14H21N/c1-3-6-12-7-4-5-8-14(12)15-13-9-11(2)10-13/h4-5,7-8,11,13,15H,3,6,9-10H2,1-2H3. The van der Waals surface area contributed by atoms with Gasteiger partial charge in [-0.3, -0.25) is 0 Å². The quantitative estimate of drug-likeness (QED) is 0.783. The largest absolute Gasteiger partial charge is 0.382 e. The number of aryl methyl sites for hydroxylation is 1. The Kier molecular flexibility index (Phi) is 3.30. The first-order chi connectivity index (χ1) is 7.29. The van der Waals surface area contributed by atoms with Gasteiger partial charge in [0.2, 0.25) is 0 Å². The summed E-state index contributed by atoms with van der Waals surface area (Å²) in [6, 6.07) is 9.45. The molecule has 0 atom stereocenters. The summed E-state index contributed by atoms with van der Waals surface area (Å²) in [6.07, 6.45) is 5.08. The van der Waals surface area contributed by atoms with Crippen molar-refractivity contribution in [3.05, 3.63) is 29.8 Å². The number of benzene rings is 1. The molecular formula is C14H21N. The van der Waals surface area contributed by atoms with Crippen molar-refractivity contribution >= 4 is 5.69 Å². The van der Waals surface area contributed by atoms with Crippen LogP contribution in [0.4, 0.5) is 5.69 Å². The van der Waals surface area contributed by atoms with E-state index in [1.54, 1.807) is 0 Å². The molecule has 0 spiro atoms. The van der Waals surface area contributed by atoms with Crippen molar-refractivity contribution in [3.8, 4) is 0 Å². The Morgan fingerprint density at radius 3 is 2.67 bits per heavy atom. The van der Waals surface area contributed by atoms with Crippen molar-refractivity contribution in [1.29, 1.82) is 0 Å². The van der Waals surface area contributed by atoms with Gasteiger partial charge in [-0.25, -0.2) is 0 Å². The molecule has 0 amide bonds. The predicted octanol–water partition coefficient (Wildman–Crippen LogP) is 3.85. The first kappa shape index (κ1) is 10.5. The molecule has 0 aliphatic heterocycles. The summed E-state index contributed by atoms with van der Waals surface area (Å²) in [5, 5.41) is 3.66. The summed E-state index contributed by atoms with van der Waals surface area (Å²) >= 11 is 0. The summed E-state index contributed by atoms with van der Waals surface area (Å²) in [5.41, 5.74) is 2.83. The van der Waals surface area contributed by atoms with Crippen LogP contribution in [0.1, 0.15) is 38.7 Å². The lowest BCUT2D eigenvalue weighted by atomic mass is 9.81. The molecule has 0 unspecified atom stereocenters. The van der Waals surface area contributed by atoms with Gasteiger partial charge in [-0.2, -0.15) is 0 Å². The van der Waals surface area contributed by atoms with Gasteiger partial charge < -0.3 is 5.32 Å². The minimum atomic E-state index is 0.720. The fourth-order valence-corrected chi connectivity index (χ4v) is 2.39. The number of nitrogens with one attached hydrogen (secondary N) is 1. The molecule has 1 aliphatic carbocycles. The Labute approximate surface area is 92.9 Å². The second kappa shape index (κ2) is 4.69. The summed E-state index contributed by atoms with van der Waals surface area (Å²) in [5.74, 6) is 0.917. The van der Waals surface area contributed by atoms with Gasteiger partial charge in [0, 0.05) is 11.7 Å². The van der Waals surface area contributed by atoms with Crippen LogP contribution in [-0.2, 0) is 6.42 Å². The lowest BCUT2D eigenvalue weighted by Gasteiger charge is -2.34. The fourth-order valence-electron chi connectivity index (χ4n) is 2.39. The van der Waals surface area contributed by atoms with E-state index < -0.39 is 0 Å². The van der Waals surface area contributed by atoms with Gasteiger partial charge in [-0.1, -0.05) is 38.5 Å². The molecule has 1 N–H and O–H groups in total. The van der Waals surface area contributed by atoms with Crippen molar-refractivity contribution in [3.63, 3.8) is 0 Å². The second-order valence-corrected chi connectivity index (χ2v) is 4.82. The van der Waals surface area contributed by atoms with E-state index in [1.807, 2.05) is 0 Å². The summed E-state index contributed by atoms with van der Waals surface area (Å²) in [4.78, 5) is 0. The fraction of sp³-hybridized carbons (Fsp3) is 0.571. The average molecular weight is 203 g/mol. The van der Waals surface area contributed by atoms with Crippen LogP contribution in [0.5, 0.6) is 0 Å². The van der Waals surface area contributed by atoms with Crippen LogP contribution in [0.3, 0.4) is 0 Å². The third-order valence-corrected chi connectivity index (χ3v) is 3.27. The maximum atomic E-state index is 3.66. The van der Waals surface area contributed by atoms with E-state index in [2.05, 4.69) is 43.4 Å². The lowest BCUT2D eigenvalue weighted by Crippen LogP contribution is -2.34. The zero-order chi connectivity index (χ0) is 10.7. The highest BCUT2D eigenvalue weighted by atomic mass is 14.9. The maximum Gasteiger partial charge on any atom is 0.0374 e. The molecule has 2 rings (SSSR count). The molecule has 0 heterocycles. The molecule has 1 aromatic rings. The van der Waals surface area contributed by atoms with Crippen LogP contribution in [-0.4, -0.2) is 6.04 Å². The molecule has 15 heavy (non-hydrogen) atoms. The third kappa shape index (κ3) is 2.53. The molecule has 1 nitrogen and oxygen atoms in total. The topological polar surface area (TPSA) is 12.0 Å². The molecule has 1 aliphatic rings. The number of anilines is 1. The molecule has 1 aromatic carbocycles. The molecule has 0 saturated heterocycles. The van der Waals surface area contributed by atoms with Crippen LogP contribution >= 0.6 is 0 Å². The van der Waals surface area contributed by atoms with Gasteiger partial charge in [-0.15, -0.1) is 0 Å². The van der Waals surface area contributed by atoms with Crippen LogP contribution in [0.25, 0.3) is 0 Å². The Balaban J connectivity index is 2.00. The number of para-hydroxylation sites is 1. The second-order valence-electron chi connectivity index (χ2n) is 4.82. The minimum absolute atomic E-state index is 0.720. The van der Waals surface area contributed by atoms with Crippen molar-refractivity contribution in [2.24, 2.45) is 5.92 Å². The molecule has 1 fully saturated rings. The summed E-state index contributed by atoms with van der Waals surface area (Å²) < 4.78 is 0. The van der Waals surface area contributed by atoms with Gasteiger partial charge in [0.25, 0.3) is 0 Å². The smallest absolute Gasteiger partial charge is 0.0374 e. The number of rotatable bonds is 4. The molecule has 1 heteroatoms. The normalized spacial score (nSPS) is 24.7. The van der Waals surface area contributed by atoms with Gasteiger partial charge in [0.05, 0.1) is 0 Å². The molecular weight excluding hydrogens is 182 g/mol. The SMILES string of the molecule is CCCc1ccccc1NC1CC(C)C1. The van der Waals surface area contributed by atoms with Gasteiger partial charge >= 0.3 is 0 Å². The number of hydrogen-bond donors (Lipinski definition) is 1. The van der Waals surface area contributed by atoms with Crippen LogP contribution < -0.4 is 5.32 Å². The van der Waals surface area contributed by atoms with Gasteiger partial charge in [-0.05, 0) is 36.8 Å². The van der Waals surface area contributed by atoms with Crippen LogP contribution in [0.2, 0.25) is 0 Å². The van der Waals surface area contributed by atoms with E-state index in [1.165, 1.54) is 36.9 Å². The minimum Gasteiger partial charge on any atom is -0.382 e. The van der Waals surface area contributed by atoms with Crippen molar-refractivity contribution in [1.82, 2.24) is 0 Å². The summed E-state index contributed by atoms with van der Waals surface area (Å²) in [7, 11) is 0. The average Bonchev–Trinajstić information content (AvgIpc) is 2.19. The highest BCUT2D eigenvalue weighted by molar-refractivity contribution is 5.52. The maximum absolute atomic E-state index is 3.66. The molecule has 1 saturated carbocycles.